The Morgan fingerprint density at radius 2 is 2.05 bits per heavy atom. The molecule has 1 saturated heterocycles. The van der Waals surface area contributed by atoms with Crippen LogP contribution in [0.3, 0.4) is 0 Å². The first-order chi connectivity index (χ1) is 9.91. The summed E-state index contributed by atoms with van der Waals surface area (Å²) in [5.41, 5.74) is 1.07. The van der Waals surface area contributed by atoms with Crippen LogP contribution in [0.15, 0.2) is 29.2 Å². The number of hydrogen-bond acceptors (Lipinski definition) is 4. The van der Waals surface area contributed by atoms with Gasteiger partial charge >= 0.3 is 0 Å². The van der Waals surface area contributed by atoms with Gasteiger partial charge in [0.1, 0.15) is 0 Å². The maximum absolute atomic E-state index is 11.3. The standard InChI is InChI=1S/C15H25N3O2S/c1-3-17-12(2)13-5-4-10-18(11-13)14-6-8-15(9-7-14)21(16,19)20/h6-9,12-13,17H,3-5,10-11H2,1-2H3,(H2,16,19,20). The van der Waals surface area contributed by atoms with Crippen LogP contribution in [-0.4, -0.2) is 34.1 Å². The van der Waals surface area contributed by atoms with Gasteiger partial charge in [-0.3, -0.25) is 0 Å². The molecule has 1 fully saturated rings. The molecule has 0 bridgehead atoms. The lowest BCUT2D eigenvalue weighted by molar-refractivity contribution is 0.324. The molecular formula is C15H25N3O2S. The van der Waals surface area contributed by atoms with Crippen LogP contribution in [0.25, 0.3) is 0 Å². The van der Waals surface area contributed by atoms with Crippen molar-refractivity contribution in [2.24, 2.45) is 11.1 Å². The first kappa shape index (κ1) is 16.3. The highest BCUT2D eigenvalue weighted by atomic mass is 32.2. The zero-order valence-corrected chi connectivity index (χ0v) is 13.6. The van der Waals surface area contributed by atoms with Crippen molar-refractivity contribution in [3.05, 3.63) is 24.3 Å². The first-order valence-electron chi connectivity index (χ1n) is 7.53. The Hall–Kier alpha value is -1.11. The minimum atomic E-state index is -3.61. The Morgan fingerprint density at radius 1 is 1.38 bits per heavy atom. The molecule has 21 heavy (non-hydrogen) atoms. The minimum absolute atomic E-state index is 0.167. The van der Waals surface area contributed by atoms with Crippen molar-refractivity contribution in [1.82, 2.24) is 5.32 Å². The van der Waals surface area contributed by atoms with E-state index in [1.54, 1.807) is 12.1 Å². The van der Waals surface area contributed by atoms with Crippen LogP contribution in [0.5, 0.6) is 0 Å². The normalized spacial score (nSPS) is 21.3. The van der Waals surface area contributed by atoms with Gasteiger partial charge in [-0.1, -0.05) is 6.92 Å². The molecule has 1 aromatic carbocycles. The van der Waals surface area contributed by atoms with Crippen molar-refractivity contribution in [3.63, 3.8) is 0 Å². The summed E-state index contributed by atoms with van der Waals surface area (Å²) in [7, 11) is -3.61. The summed E-state index contributed by atoms with van der Waals surface area (Å²) in [6, 6.07) is 7.37. The van der Waals surface area contributed by atoms with Gasteiger partial charge in [-0.15, -0.1) is 0 Å². The zero-order valence-electron chi connectivity index (χ0n) is 12.7. The lowest BCUT2D eigenvalue weighted by atomic mass is 9.91. The predicted octanol–water partition coefficient (Wildman–Crippen LogP) is 1.55. The molecule has 2 rings (SSSR count). The van der Waals surface area contributed by atoms with Gasteiger partial charge in [0.05, 0.1) is 4.90 Å². The molecule has 1 aliphatic rings. The van der Waals surface area contributed by atoms with Crippen LogP contribution in [0.4, 0.5) is 5.69 Å². The molecule has 1 aliphatic heterocycles. The minimum Gasteiger partial charge on any atom is -0.371 e. The van der Waals surface area contributed by atoms with Gasteiger partial charge < -0.3 is 10.2 Å². The van der Waals surface area contributed by atoms with Gasteiger partial charge in [0.15, 0.2) is 0 Å². The highest BCUT2D eigenvalue weighted by molar-refractivity contribution is 7.89. The second-order valence-corrected chi connectivity index (χ2v) is 7.30. The summed E-state index contributed by atoms with van der Waals surface area (Å²) < 4.78 is 22.6. The van der Waals surface area contributed by atoms with E-state index in [1.165, 1.54) is 6.42 Å². The maximum atomic E-state index is 11.3. The third-order valence-corrected chi connectivity index (χ3v) is 5.15. The molecule has 6 heteroatoms. The van der Waals surface area contributed by atoms with E-state index in [2.05, 4.69) is 24.1 Å². The quantitative estimate of drug-likeness (QED) is 0.865. The van der Waals surface area contributed by atoms with Crippen LogP contribution in [0.1, 0.15) is 26.7 Å². The fourth-order valence-electron chi connectivity index (χ4n) is 2.99. The molecule has 0 radical (unpaired) electrons. The van der Waals surface area contributed by atoms with Crippen LogP contribution in [-0.2, 0) is 10.0 Å². The second kappa shape index (κ2) is 6.77. The monoisotopic (exact) mass is 311 g/mol. The third kappa shape index (κ3) is 4.18. The largest absolute Gasteiger partial charge is 0.371 e. The van der Waals surface area contributed by atoms with Gasteiger partial charge in [0.25, 0.3) is 0 Å². The molecule has 3 N–H and O–H groups in total. The highest BCUT2D eigenvalue weighted by Gasteiger charge is 2.24. The number of nitrogens with two attached hydrogens (primary N) is 1. The van der Waals surface area contributed by atoms with Crippen molar-refractivity contribution >= 4 is 15.7 Å². The number of benzene rings is 1. The Morgan fingerprint density at radius 3 is 2.62 bits per heavy atom. The van der Waals surface area contributed by atoms with Gasteiger partial charge in [-0.05, 0) is 56.5 Å². The Labute approximate surface area is 127 Å². The summed E-state index contributed by atoms with van der Waals surface area (Å²) >= 11 is 0. The van der Waals surface area contributed by atoms with Crippen molar-refractivity contribution in [2.75, 3.05) is 24.5 Å². The third-order valence-electron chi connectivity index (χ3n) is 4.22. The molecule has 0 spiro atoms. The summed E-state index contributed by atoms with van der Waals surface area (Å²) in [6.07, 6.45) is 2.40. The van der Waals surface area contributed by atoms with E-state index in [-0.39, 0.29) is 4.90 Å². The number of nitrogens with one attached hydrogen (secondary N) is 1. The van der Waals surface area contributed by atoms with E-state index in [0.29, 0.717) is 12.0 Å². The SMILES string of the molecule is CCNC(C)C1CCCN(c2ccc(S(N)(=O)=O)cc2)C1. The van der Waals surface area contributed by atoms with Gasteiger partial charge in [-0.25, -0.2) is 13.6 Å². The number of nitrogens with zero attached hydrogens (tertiary/aromatic N) is 1. The van der Waals surface area contributed by atoms with Gasteiger partial charge in [0.2, 0.25) is 10.0 Å². The molecule has 0 amide bonds. The number of primary sulfonamides is 1. The van der Waals surface area contributed by atoms with Crippen LogP contribution in [0.2, 0.25) is 0 Å². The fourth-order valence-corrected chi connectivity index (χ4v) is 3.50. The van der Waals surface area contributed by atoms with E-state index in [9.17, 15) is 8.42 Å². The number of piperidine rings is 1. The van der Waals surface area contributed by atoms with E-state index in [1.807, 2.05) is 12.1 Å². The van der Waals surface area contributed by atoms with E-state index < -0.39 is 10.0 Å². The molecule has 118 valence electrons. The predicted molar refractivity (Wildman–Crippen MR) is 85.9 cm³/mol. The summed E-state index contributed by atoms with van der Waals surface area (Å²) in [4.78, 5) is 2.50. The topological polar surface area (TPSA) is 75.4 Å². The smallest absolute Gasteiger partial charge is 0.238 e. The number of rotatable bonds is 5. The molecular weight excluding hydrogens is 286 g/mol. The molecule has 2 unspecified atom stereocenters. The van der Waals surface area contributed by atoms with E-state index in [0.717, 1.165) is 31.7 Å². The molecule has 1 heterocycles. The Bertz CT molecular complexity index is 557. The van der Waals surface area contributed by atoms with Crippen LogP contribution < -0.4 is 15.4 Å². The first-order valence-corrected chi connectivity index (χ1v) is 9.07. The average Bonchev–Trinajstić information content (AvgIpc) is 2.47. The number of hydrogen-bond donors (Lipinski definition) is 2. The summed E-state index contributed by atoms with van der Waals surface area (Å²) in [6.45, 7) is 7.37. The van der Waals surface area contributed by atoms with Crippen LogP contribution in [0, 0.1) is 5.92 Å². The molecule has 0 aromatic heterocycles. The van der Waals surface area contributed by atoms with Crippen LogP contribution >= 0.6 is 0 Å². The number of anilines is 1. The molecule has 0 saturated carbocycles. The second-order valence-electron chi connectivity index (χ2n) is 5.73. The zero-order chi connectivity index (χ0) is 15.5. The molecule has 0 aliphatic carbocycles. The fraction of sp³-hybridized carbons (Fsp3) is 0.600. The van der Waals surface area contributed by atoms with E-state index >= 15 is 0 Å². The Balaban J connectivity index is 2.07. The van der Waals surface area contributed by atoms with Crippen molar-refractivity contribution in [1.29, 1.82) is 0 Å². The lowest BCUT2D eigenvalue weighted by Gasteiger charge is -2.37. The van der Waals surface area contributed by atoms with Crippen molar-refractivity contribution < 1.29 is 8.42 Å². The lowest BCUT2D eigenvalue weighted by Crippen LogP contribution is -2.44. The Kier molecular flexibility index (Phi) is 5.24. The van der Waals surface area contributed by atoms with Crippen molar-refractivity contribution in [3.8, 4) is 0 Å². The summed E-state index contributed by atoms with van der Waals surface area (Å²) in [5.74, 6) is 0.622. The molecule has 5 nitrogen and oxygen atoms in total. The van der Waals surface area contributed by atoms with Crippen molar-refractivity contribution in [2.45, 2.75) is 37.6 Å². The average molecular weight is 311 g/mol. The molecule has 1 aromatic rings. The van der Waals surface area contributed by atoms with Gasteiger partial charge in [0, 0.05) is 24.8 Å². The highest BCUT2D eigenvalue weighted by Crippen LogP contribution is 2.25. The van der Waals surface area contributed by atoms with Gasteiger partial charge in [-0.2, -0.15) is 0 Å². The number of sulfonamides is 1. The molecule has 2 atom stereocenters. The van der Waals surface area contributed by atoms with E-state index in [4.69, 9.17) is 5.14 Å². The maximum Gasteiger partial charge on any atom is 0.238 e. The summed E-state index contributed by atoms with van der Waals surface area (Å²) in [5, 5.41) is 8.62.